The molecule has 0 saturated carbocycles. The van der Waals surface area contributed by atoms with Crippen LogP contribution in [0.3, 0.4) is 0 Å². The topological polar surface area (TPSA) is 54.3 Å². The maximum absolute atomic E-state index is 12.3. The van der Waals surface area contributed by atoms with Gasteiger partial charge in [-0.2, -0.15) is 0 Å². The molecular formula is C23H27N3O2S. The normalized spacial score (nSPS) is 11.0. The minimum Gasteiger partial charge on any atom is -0.352 e. The number of aryl methyl sites for hydroxylation is 1. The maximum Gasteiger partial charge on any atom is 0.307 e. The summed E-state index contributed by atoms with van der Waals surface area (Å²) in [5, 5.41) is 4.81. The molecule has 0 radical (unpaired) electrons. The quantitative estimate of drug-likeness (QED) is 0.618. The second-order valence-electron chi connectivity index (χ2n) is 7.41. The Labute approximate surface area is 175 Å². The highest BCUT2D eigenvalue weighted by Gasteiger charge is 2.09. The zero-order valence-corrected chi connectivity index (χ0v) is 18.0. The molecule has 0 fully saturated rings. The number of carbonyl (C=O) groups is 1. The van der Waals surface area contributed by atoms with E-state index in [-0.39, 0.29) is 10.8 Å². The summed E-state index contributed by atoms with van der Waals surface area (Å²) < 4.78 is 1.65. The predicted octanol–water partition coefficient (Wildman–Crippen LogP) is 3.65. The van der Waals surface area contributed by atoms with Gasteiger partial charge in [-0.1, -0.05) is 59.9 Å². The van der Waals surface area contributed by atoms with Crippen molar-refractivity contribution in [1.29, 1.82) is 0 Å². The summed E-state index contributed by atoms with van der Waals surface area (Å²) >= 11 is 1.17. The van der Waals surface area contributed by atoms with Crippen LogP contribution in [0, 0.1) is 6.92 Å². The first kappa shape index (κ1) is 21.0. The Kier molecular flexibility index (Phi) is 7.01. The van der Waals surface area contributed by atoms with Gasteiger partial charge in [-0.15, -0.1) is 0 Å². The molecule has 1 amide bonds. The second kappa shape index (κ2) is 9.67. The van der Waals surface area contributed by atoms with Crippen molar-refractivity contribution in [3.63, 3.8) is 0 Å². The Bertz CT molecular complexity index is 1020. The van der Waals surface area contributed by atoms with Crippen LogP contribution < -0.4 is 10.2 Å². The third-order valence-corrected chi connectivity index (χ3v) is 5.68. The molecule has 1 heterocycles. The van der Waals surface area contributed by atoms with Gasteiger partial charge in [-0.25, -0.2) is 0 Å². The van der Waals surface area contributed by atoms with Crippen LogP contribution in [0.2, 0.25) is 0 Å². The van der Waals surface area contributed by atoms with Crippen LogP contribution >= 0.6 is 11.3 Å². The Morgan fingerprint density at radius 3 is 2.48 bits per heavy atom. The van der Waals surface area contributed by atoms with E-state index in [1.54, 1.807) is 4.57 Å². The monoisotopic (exact) mass is 409 g/mol. The van der Waals surface area contributed by atoms with Crippen LogP contribution in [0.4, 0.5) is 0 Å². The maximum atomic E-state index is 12.3. The van der Waals surface area contributed by atoms with Crippen molar-refractivity contribution in [2.75, 3.05) is 14.1 Å². The molecule has 0 aliphatic carbocycles. The number of nitrogens with zero attached hydrogens (tertiary/aromatic N) is 2. The van der Waals surface area contributed by atoms with E-state index < -0.39 is 0 Å². The molecule has 0 aliphatic heterocycles. The van der Waals surface area contributed by atoms with E-state index in [0.29, 0.717) is 19.5 Å². The number of thiazole rings is 1. The van der Waals surface area contributed by atoms with Gasteiger partial charge in [-0.3, -0.25) is 9.59 Å². The molecule has 0 atom stereocenters. The van der Waals surface area contributed by atoms with E-state index in [1.165, 1.54) is 16.9 Å². The largest absolute Gasteiger partial charge is 0.352 e. The molecule has 0 bridgehead atoms. The lowest BCUT2D eigenvalue weighted by Crippen LogP contribution is -2.26. The van der Waals surface area contributed by atoms with Crippen LogP contribution in [0.25, 0.3) is 11.1 Å². The van der Waals surface area contributed by atoms with Crippen LogP contribution in [0.15, 0.2) is 58.7 Å². The van der Waals surface area contributed by atoms with E-state index >= 15 is 0 Å². The molecule has 0 unspecified atom stereocenters. The summed E-state index contributed by atoms with van der Waals surface area (Å²) in [6, 6.07) is 16.7. The third kappa shape index (κ3) is 5.65. The standard InChI is InChI=1S/C23H27N3O2S/c1-17-16-29-23(28)26(17)13-12-22(27)24-14-20-6-4-5-7-21(20)19-10-8-18(9-11-19)15-25(2)3/h4-11,16H,12-15H2,1-3H3,(H,24,27). The molecule has 1 N–H and O–H groups in total. The molecule has 0 aliphatic rings. The van der Waals surface area contributed by atoms with Gasteiger partial charge in [0.2, 0.25) is 5.91 Å². The van der Waals surface area contributed by atoms with Crippen LogP contribution in [-0.4, -0.2) is 29.5 Å². The zero-order chi connectivity index (χ0) is 20.8. The number of benzene rings is 2. The smallest absolute Gasteiger partial charge is 0.307 e. The number of aromatic nitrogens is 1. The minimum absolute atomic E-state index is 0.0154. The van der Waals surface area contributed by atoms with Crippen LogP contribution in [0.5, 0.6) is 0 Å². The van der Waals surface area contributed by atoms with E-state index in [0.717, 1.165) is 28.9 Å². The summed E-state index contributed by atoms with van der Waals surface area (Å²) in [5.74, 6) is -0.0568. The van der Waals surface area contributed by atoms with Gasteiger partial charge in [0.05, 0.1) is 0 Å². The van der Waals surface area contributed by atoms with Crippen molar-refractivity contribution in [3.05, 3.63) is 80.4 Å². The lowest BCUT2D eigenvalue weighted by Gasteiger charge is -2.13. The van der Waals surface area contributed by atoms with Crippen molar-refractivity contribution in [3.8, 4) is 11.1 Å². The molecule has 2 aromatic carbocycles. The number of hydrogen-bond donors (Lipinski definition) is 1. The first-order chi connectivity index (χ1) is 13.9. The van der Waals surface area contributed by atoms with Crippen LogP contribution in [0.1, 0.15) is 23.2 Å². The molecule has 0 saturated heterocycles. The summed E-state index contributed by atoms with van der Waals surface area (Å²) in [7, 11) is 4.12. The van der Waals surface area contributed by atoms with Gasteiger partial charge in [0.25, 0.3) is 0 Å². The predicted molar refractivity (Wildman–Crippen MR) is 119 cm³/mol. The van der Waals surface area contributed by atoms with Crippen molar-refractivity contribution in [2.45, 2.75) is 33.0 Å². The van der Waals surface area contributed by atoms with Crippen molar-refractivity contribution < 1.29 is 4.79 Å². The fourth-order valence-electron chi connectivity index (χ4n) is 3.28. The number of carbonyl (C=O) groups excluding carboxylic acids is 1. The Hall–Kier alpha value is -2.70. The van der Waals surface area contributed by atoms with E-state index in [2.05, 4.69) is 54.6 Å². The minimum atomic E-state index is -0.0568. The molecule has 5 nitrogen and oxygen atoms in total. The lowest BCUT2D eigenvalue weighted by atomic mass is 9.98. The van der Waals surface area contributed by atoms with Gasteiger partial charge in [0.1, 0.15) is 0 Å². The number of hydrogen-bond acceptors (Lipinski definition) is 4. The van der Waals surface area contributed by atoms with Crippen molar-refractivity contribution >= 4 is 17.2 Å². The third-order valence-electron chi connectivity index (χ3n) is 4.80. The Morgan fingerprint density at radius 2 is 1.83 bits per heavy atom. The van der Waals surface area contributed by atoms with E-state index in [4.69, 9.17) is 0 Å². The summed E-state index contributed by atoms with van der Waals surface area (Å²) in [6.07, 6.45) is 0.291. The summed E-state index contributed by atoms with van der Waals surface area (Å²) in [4.78, 5) is 26.2. The van der Waals surface area contributed by atoms with Crippen molar-refractivity contribution in [2.24, 2.45) is 0 Å². The average molecular weight is 410 g/mol. The van der Waals surface area contributed by atoms with Gasteiger partial charge in [0.15, 0.2) is 0 Å². The fourth-order valence-corrected chi connectivity index (χ4v) is 4.04. The van der Waals surface area contributed by atoms with E-state index in [9.17, 15) is 9.59 Å². The second-order valence-corrected chi connectivity index (χ2v) is 8.23. The van der Waals surface area contributed by atoms with Gasteiger partial charge in [-0.05, 0) is 43.3 Å². The SMILES string of the molecule is Cc1csc(=O)n1CCC(=O)NCc1ccccc1-c1ccc(CN(C)C)cc1. The number of amides is 1. The number of nitrogens with one attached hydrogen (secondary N) is 1. The molecule has 1 aromatic heterocycles. The molecule has 0 spiro atoms. The molecule has 3 aromatic rings. The molecule has 3 rings (SSSR count). The van der Waals surface area contributed by atoms with Crippen LogP contribution in [-0.2, 0) is 24.4 Å². The van der Waals surface area contributed by atoms with Crippen molar-refractivity contribution in [1.82, 2.24) is 14.8 Å². The zero-order valence-electron chi connectivity index (χ0n) is 17.1. The van der Waals surface area contributed by atoms with Gasteiger partial charge < -0.3 is 14.8 Å². The number of rotatable bonds is 8. The summed E-state index contributed by atoms with van der Waals surface area (Å²) in [6.45, 7) is 3.67. The Morgan fingerprint density at radius 1 is 1.10 bits per heavy atom. The summed E-state index contributed by atoms with van der Waals surface area (Å²) in [5.41, 5.74) is 5.50. The fraction of sp³-hybridized carbons (Fsp3) is 0.304. The lowest BCUT2D eigenvalue weighted by molar-refractivity contribution is -0.121. The highest BCUT2D eigenvalue weighted by Crippen LogP contribution is 2.24. The first-order valence-corrected chi connectivity index (χ1v) is 10.6. The molecule has 6 heteroatoms. The van der Waals surface area contributed by atoms with E-state index in [1.807, 2.05) is 30.5 Å². The Balaban J connectivity index is 1.63. The van der Waals surface area contributed by atoms with Gasteiger partial charge >= 0.3 is 4.87 Å². The molecule has 29 heavy (non-hydrogen) atoms. The van der Waals surface area contributed by atoms with Gasteiger partial charge in [0, 0.05) is 37.1 Å². The average Bonchev–Trinajstić information content (AvgIpc) is 3.03. The highest BCUT2D eigenvalue weighted by molar-refractivity contribution is 7.07. The molecular weight excluding hydrogens is 382 g/mol. The first-order valence-electron chi connectivity index (χ1n) is 9.67. The highest BCUT2D eigenvalue weighted by atomic mass is 32.1. The molecule has 152 valence electrons.